The molecule has 2 aromatic rings. The largest absolute Gasteiger partial charge is 0.478 e. The maximum atomic E-state index is 13.2. The predicted molar refractivity (Wildman–Crippen MR) is 128 cm³/mol. The summed E-state index contributed by atoms with van der Waals surface area (Å²) in [5, 5.41) is 33.8. The number of ether oxygens (including phenoxy) is 1. The maximum absolute atomic E-state index is 13.2. The SMILES string of the molecule is Cc1nnn(C[C@@H]2NC(=O)[C@H]2NC(=O)C(=NOC(C)(C)C(=O)O)c2csc(NC(=O)OC(C)(C)C)n2)n1. The lowest BCUT2D eigenvalue weighted by molar-refractivity contribution is -0.161. The first kappa shape index (κ1) is 27.4. The van der Waals surface area contributed by atoms with Crippen molar-refractivity contribution in [2.45, 2.75) is 71.4 Å². The van der Waals surface area contributed by atoms with Crippen LogP contribution in [-0.2, 0) is 30.5 Å². The number of thiazole rings is 1. The van der Waals surface area contributed by atoms with Crippen LogP contribution in [-0.4, -0.2) is 83.2 Å². The number of anilines is 1. The Bertz CT molecular complexity index is 1230. The number of carboxylic acid groups (broad SMARTS) is 1. The lowest BCUT2D eigenvalue weighted by Gasteiger charge is -2.36. The Hall–Kier alpha value is -4.15. The van der Waals surface area contributed by atoms with Gasteiger partial charge in [0.25, 0.3) is 5.91 Å². The number of oxime groups is 1. The number of aromatic nitrogens is 5. The van der Waals surface area contributed by atoms with Crippen molar-refractivity contribution >= 4 is 46.1 Å². The van der Waals surface area contributed by atoms with Crippen LogP contribution in [0.25, 0.3) is 0 Å². The molecule has 37 heavy (non-hydrogen) atoms. The third kappa shape index (κ3) is 7.18. The standard InChI is InChI=1S/C20H27N9O7S/c1-9-25-28-29(26-9)7-10-12(14(30)21-10)23-15(31)13(27-36-20(5,6)16(32)33)11-8-37-17(22-11)24-18(34)35-19(2,3)4/h8,10,12H,7H2,1-6H3,(H,21,30)(H,23,31)(H,32,33)(H,22,24,34)/t10-,12-/m0/s1. The fraction of sp³-hybridized carbons (Fsp3) is 0.550. The van der Waals surface area contributed by atoms with Crippen molar-refractivity contribution in [3.63, 3.8) is 0 Å². The molecule has 3 amide bonds. The van der Waals surface area contributed by atoms with E-state index < -0.39 is 52.9 Å². The number of hydrogen-bond donors (Lipinski definition) is 4. The lowest BCUT2D eigenvalue weighted by Crippen LogP contribution is -2.70. The van der Waals surface area contributed by atoms with Crippen LogP contribution in [0.4, 0.5) is 9.93 Å². The second-order valence-electron chi connectivity index (χ2n) is 9.47. The van der Waals surface area contributed by atoms with E-state index in [1.54, 1.807) is 27.7 Å². The Morgan fingerprint density at radius 1 is 1.27 bits per heavy atom. The van der Waals surface area contributed by atoms with Gasteiger partial charge in [0.1, 0.15) is 17.3 Å². The van der Waals surface area contributed by atoms with E-state index in [1.165, 1.54) is 24.0 Å². The number of nitrogens with zero attached hydrogens (tertiary/aromatic N) is 6. The number of tetrazole rings is 1. The minimum Gasteiger partial charge on any atom is -0.478 e. The Morgan fingerprint density at radius 2 is 1.97 bits per heavy atom. The normalized spacial score (nSPS) is 17.9. The van der Waals surface area contributed by atoms with Crippen molar-refractivity contribution in [1.82, 2.24) is 35.8 Å². The number of aliphatic carboxylic acids is 1. The van der Waals surface area contributed by atoms with E-state index in [-0.39, 0.29) is 17.4 Å². The first-order valence-electron chi connectivity index (χ1n) is 11.0. The number of nitrogens with one attached hydrogen (secondary N) is 3. The second-order valence-corrected chi connectivity index (χ2v) is 10.3. The minimum absolute atomic E-state index is 0.0282. The summed E-state index contributed by atoms with van der Waals surface area (Å²) in [4.78, 5) is 59.4. The van der Waals surface area contributed by atoms with Crippen LogP contribution >= 0.6 is 11.3 Å². The number of carbonyl (C=O) groups excluding carboxylic acids is 3. The summed E-state index contributed by atoms with van der Waals surface area (Å²) in [6.45, 7) is 9.37. The second kappa shape index (κ2) is 10.5. The average Bonchev–Trinajstić information content (AvgIpc) is 3.39. The van der Waals surface area contributed by atoms with Crippen LogP contribution in [0.1, 0.15) is 46.1 Å². The van der Waals surface area contributed by atoms with Gasteiger partial charge in [-0.15, -0.1) is 21.5 Å². The summed E-state index contributed by atoms with van der Waals surface area (Å²) in [6.07, 6.45) is -0.759. The van der Waals surface area contributed by atoms with E-state index in [2.05, 4.69) is 41.5 Å². The van der Waals surface area contributed by atoms with Gasteiger partial charge in [0, 0.05) is 5.38 Å². The first-order chi connectivity index (χ1) is 17.1. The molecule has 1 aliphatic rings. The summed E-state index contributed by atoms with van der Waals surface area (Å²) in [5.41, 5.74) is -2.95. The molecule has 4 N–H and O–H groups in total. The summed E-state index contributed by atoms with van der Waals surface area (Å²) >= 11 is 0.971. The number of β-lactam (4-membered cyclic amide) rings is 1. The predicted octanol–water partition coefficient (Wildman–Crippen LogP) is 0.0523. The molecule has 17 heteroatoms. The molecule has 1 saturated heterocycles. The van der Waals surface area contributed by atoms with Gasteiger partial charge in [-0.25, -0.2) is 14.6 Å². The summed E-state index contributed by atoms with van der Waals surface area (Å²) in [6, 6.07) is -1.50. The Morgan fingerprint density at radius 3 is 2.54 bits per heavy atom. The third-order valence-corrected chi connectivity index (χ3v) is 5.42. The van der Waals surface area contributed by atoms with Crippen molar-refractivity contribution in [2.75, 3.05) is 5.32 Å². The zero-order chi connectivity index (χ0) is 27.5. The molecule has 0 bridgehead atoms. The van der Waals surface area contributed by atoms with Crippen molar-refractivity contribution < 1.29 is 33.9 Å². The van der Waals surface area contributed by atoms with E-state index in [4.69, 9.17) is 9.57 Å². The van der Waals surface area contributed by atoms with Gasteiger partial charge in [0.15, 0.2) is 16.7 Å². The Kier molecular flexibility index (Phi) is 7.75. The van der Waals surface area contributed by atoms with Gasteiger partial charge in [-0.05, 0) is 46.8 Å². The molecule has 0 aliphatic carbocycles. The molecule has 0 saturated carbocycles. The molecule has 1 fully saturated rings. The summed E-state index contributed by atoms with van der Waals surface area (Å²) < 4.78 is 5.18. The van der Waals surface area contributed by atoms with Crippen LogP contribution in [0.15, 0.2) is 10.5 Å². The minimum atomic E-state index is -1.77. The zero-order valence-corrected chi connectivity index (χ0v) is 21.7. The monoisotopic (exact) mass is 537 g/mol. The molecule has 200 valence electrons. The molecule has 0 unspecified atom stereocenters. The van der Waals surface area contributed by atoms with E-state index in [1.807, 2.05) is 0 Å². The number of carbonyl (C=O) groups is 4. The van der Waals surface area contributed by atoms with Gasteiger partial charge in [0.05, 0.1) is 12.6 Å². The summed E-state index contributed by atoms with van der Waals surface area (Å²) in [5.74, 6) is -2.19. The van der Waals surface area contributed by atoms with E-state index in [0.717, 1.165) is 11.3 Å². The Balaban J connectivity index is 1.79. The molecule has 0 radical (unpaired) electrons. The Labute approximate surface area is 214 Å². The van der Waals surface area contributed by atoms with Gasteiger partial charge in [0.2, 0.25) is 11.5 Å². The van der Waals surface area contributed by atoms with Crippen LogP contribution in [0.5, 0.6) is 0 Å². The van der Waals surface area contributed by atoms with Crippen molar-refractivity contribution in [2.24, 2.45) is 5.16 Å². The number of amides is 3. The molecule has 0 spiro atoms. The third-order valence-electron chi connectivity index (χ3n) is 4.66. The highest BCUT2D eigenvalue weighted by Crippen LogP contribution is 2.20. The fourth-order valence-electron chi connectivity index (χ4n) is 2.78. The molecule has 3 heterocycles. The van der Waals surface area contributed by atoms with Gasteiger partial charge < -0.3 is 25.3 Å². The topological polar surface area (TPSA) is 212 Å². The highest BCUT2D eigenvalue weighted by molar-refractivity contribution is 7.14. The number of rotatable bonds is 9. The van der Waals surface area contributed by atoms with Crippen molar-refractivity contribution in [3.8, 4) is 0 Å². The average molecular weight is 538 g/mol. The number of hydrogen-bond acceptors (Lipinski definition) is 12. The highest BCUT2D eigenvalue weighted by Gasteiger charge is 2.42. The van der Waals surface area contributed by atoms with Crippen LogP contribution < -0.4 is 16.0 Å². The smallest absolute Gasteiger partial charge is 0.413 e. The number of carboxylic acids is 1. The number of aryl methyl sites for hydroxylation is 1. The molecule has 1 aliphatic heterocycles. The maximum Gasteiger partial charge on any atom is 0.413 e. The first-order valence-corrected chi connectivity index (χ1v) is 11.8. The highest BCUT2D eigenvalue weighted by atomic mass is 32.1. The quantitative estimate of drug-likeness (QED) is 0.191. The van der Waals surface area contributed by atoms with E-state index >= 15 is 0 Å². The van der Waals surface area contributed by atoms with Crippen molar-refractivity contribution in [1.29, 1.82) is 0 Å². The van der Waals surface area contributed by atoms with E-state index in [0.29, 0.717) is 5.82 Å². The van der Waals surface area contributed by atoms with Gasteiger partial charge >= 0.3 is 12.1 Å². The molecule has 0 aromatic carbocycles. The molecule has 2 atom stereocenters. The van der Waals surface area contributed by atoms with E-state index in [9.17, 15) is 24.3 Å². The zero-order valence-electron chi connectivity index (χ0n) is 20.9. The van der Waals surface area contributed by atoms with Crippen molar-refractivity contribution in [3.05, 3.63) is 16.9 Å². The molecule has 3 rings (SSSR count). The molecule has 16 nitrogen and oxygen atoms in total. The van der Waals surface area contributed by atoms with Gasteiger partial charge in [-0.3, -0.25) is 14.9 Å². The van der Waals surface area contributed by atoms with Crippen LogP contribution in [0.2, 0.25) is 0 Å². The fourth-order valence-corrected chi connectivity index (χ4v) is 3.46. The summed E-state index contributed by atoms with van der Waals surface area (Å²) in [7, 11) is 0. The van der Waals surface area contributed by atoms with Gasteiger partial charge in [-0.1, -0.05) is 5.16 Å². The molecule has 2 aromatic heterocycles. The lowest BCUT2D eigenvalue weighted by atomic mass is 9.98. The molecular formula is C20H27N9O7S. The van der Waals surface area contributed by atoms with Crippen LogP contribution in [0.3, 0.4) is 0 Å². The molecular weight excluding hydrogens is 510 g/mol. The van der Waals surface area contributed by atoms with Gasteiger partial charge in [-0.2, -0.15) is 4.80 Å². The van der Waals surface area contributed by atoms with Crippen LogP contribution in [0, 0.1) is 6.92 Å².